The van der Waals surface area contributed by atoms with Crippen molar-refractivity contribution in [2.75, 3.05) is 0 Å². The van der Waals surface area contributed by atoms with Crippen LogP contribution in [0.5, 0.6) is 0 Å². The third-order valence-electron chi connectivity index (χ3n) is 4.46. The molecule has 0 saturated heterocycles. The fourth-order valence-electron chi connectivity index (χ4n) is 2.87. The molecule has 1 aromatic carbocycles. The minimum absolute atomic E-state index is 0.0463. The summed E-state index contributed by atoms with van der Waals surface area (Å²) in [7, 11) is 0. The van der Waals surface area contributed by atoms with E-state index in [0.29, 0.717) is 12.1 Å². The molecule has 1 atom stereocenters. The summed E-state index contributed by atoms with van der Waals surface area (Å²) < 4.78 is 15.5. The van der Waals surface area contributed by atoms with Gasteiger partial charge in [0.2, 0.25) is 5.91 Å². The molecule has 3 rings (SSSR count). The topological polar surface area (TPSA) is 83.6 Å². The summed E-state index contributed by atoms with van der Waals surface area (Å²) in [6.45, 7) is 4.02. The van der Waals surface area contributed by atoms with Crippen LogP contribution >= 0.6 is 0 Å². The molecule has 1 aromatic heterocycles. The number of aryl methyl sites for hydroxylation is 1. The highest BCUT2D eigenvalue weighted by molar-refractivity contribution is 5.87. The van der Waals surface area contributed by atoms with Gasteiger partial charge < -0.3 is 5.32 Å². The summed E-state index contributed by atoms with van der Waals surface area (Å²) in [5, 5.41) is 16.1. The predicted octanol–water partition coefficient (Wildman–Crippen LogP) is 1.70. The van der Waals surface area contributed by atoms with Gasteiger partial charge in [0.25, 0.3) is 0 Å². The van der Waals surface area contributed by atoms with E-state index in [4.69, 9.17) is 5.26 Å². The molecule has 0 bridgehead atoms. The van der Waals surface area contributed by atoms with Crippen LogP contribution in [0.2, 0.25) is 0 Å². The Balaban J connectivity index is 1.77. The third kappa shape index (κ3) is 3.00. The first kappa shape index (κ1) is 16.1. The minimum Gasteiger partial charge on any atom is -0.351 e. The van der Waals surface area contributed by atoms with E-state index in [2.05, 4.69) is 15.4 Å². The zero-order chi connectivity index (χ0) is 17.3. The Morgan fingerprint density at radius 1 is 1.46 bits per heavy atom. The first-order valence-electron chi connectivity index (χ1n) is 7.79. The zero-order valence-electron chi connectivity index (χ0n) is 13.6. The number of nitriles is 1. The summed E-state index contributed by atoms with van der Waals surface area (Å²) in [5.41, 5.74) is -0.263. The van der Waals surface area contributed by atoms with Crippen molar-refractivity contribution in [3.8, 4) is 6.07 Å². The van der Waals surface area contributed by atoms with Crippen molar-refractivity contribution in [3.63, 3.8) is 0 Å². The molecule has 0 spiro atoms. The number of carbonyl (C=O) groups is 1. The molecule has 0 saturated carbocycles. The molecule has 24 heavy (non-hydrogen) atoms. The molecule has 0 aliphatic carbocycles. The number of carbonyl (C=O) groups excluding carboxylic acids is 1. The molecule has 1 aliphatic heterocycles. The smallest absolute Gasteiger partial charge is 0.230 e. The SMILES string of the molecule is CC(C)(C(=O)N[C@@H]1CCc2ncnn2C1)c1cc(F)cc(C#N)c1. The molecule has 7 heteroatoms. The van der Waals surface area contributed by atoms with Crippen molar-refractivity contribution < 1.29 is 9.18 Å². The third-order valence-corrected chi connectivity index (χ3v) is 4.46. The number of aromatic nitrogens is 3. The van der Waals surface area contributed by atoms with Crippen LogP contribution in [0.1, 0.15) is 37.2 Å². The average Bonchev–Trinajstić information content (AvgIpc) is 3.01. The molecular weight excluding hydrogens is 309 g/mol. The number of fused-ring (bicyclic) bond motifs is 1. The molecule has 6 nitrogen and oxygen atoms in total. The van der Waals surface area contributed by atoms with Crippen LogP contribution in [0.15, 0.2) is 24.5 Å². The van der Waals surface area contributed by atoms with Crippen LogP contribution in [0.3, 0.4) is 0 Å². The standard InChI is InChI=1S/C17H18FN5O/c1-17(2,12-5-11(8-19)6-13(18)7-12)16(24)22-14-3-4-15-20-10-21-23(15)9-14/h5-7,10,14H,3-4,9H2,1-2H3,(H,22,24)/t14-/m1/s1. The summed E-state index contributed by atoms with van der Waals surface area (Å²) in [5.74, 6) is 0.198. The van der Waals surface area contributed by atoms with Crippen molar-refractivity contribution >= 4 is 5.91 Å². The Kier molecular flexibility index (Phi) is 4.06. The lowest BCUT2D eigenvalue weighted by Crippen LogP contribution is -2.48. The summed E-state index contributed by atoms with van der Waals surface area (Å²) in [4.78, 5) is 16.9. The van der Waals surface area contributed by atoms with E-state index >= 15 is 0 Å². The van der Waals surface area contributed by atoms with Crippen LogP contribution in [0.25, 0.3) is 0 Å². The quantitative estimate of drug-likeness (QED) is 0.930. The first-order valence-corrected chi connectivity index (χ1v) is 7.79. The van der Waals surface area contributed by atoms with E-state index in [0.717, 1.165) is 24.7 Å². The number of rotatable bonds is 3. The van der Waals surface area contributed by atoms with Crippen LogP contribution in [0.4, 0.5) is 4.39 Å². The van der Waals surface area contributed by atoms with Gasteiger partial charge >= 0.3 is 0 Å². The van der Waals surface area contributed by atoms with Crippen molar-refractivity contribution in [1.29, 1.82) is 5.26 Å². The van der Waals surface area contributed by atoms with E-state index in [9.17, 15) is 9.18 Å². The van der Waals surface area contributed by atoms with Gasteiger partial charge in [-0.3, -0.25) is 4.79 Å². The molecule has 1 N–H and O–H groups in total. The second-order valence-corrected chi connectivity index (χ2v) is 6.53. The molecule has 0 unspecified atom stereocenters. The van der Waals surface area contributed by atoms with Gasteiger partial charge in [-0.1, -0.05) is 0 Å². The van der Waals surface area contributed by atoms with E-state index in [-0.39, 0.29) is 17.5 Å². The van der Waals surface area contributed by atoms with Crippen LogP contribution in [-0.4, -0.2) is 26.7 Å². The Labute approximate surface area is 139 Å². The van der Waals surface area contributed by atoms with Crippen molar-refractivity contribution in [2.45, 2.75) is 44.7 Å². The number of amides is 1. The average molecular weight is 327 g/mol. The Morgan fingerprint density at radius 3 is 3.00 bits per heavy atom. The largest absolute Gasteiger partial charge is 0.351 e. The van der Waals surface area contributed by atoms with Crippen LogP contribution in [-0.2, 0) is 23.2 Å². The lowest BCUT2D eigenvalue weighted by molar-refractivity contribution is -0.126. The maximum Gasteiger partial charge on any atom is 0.230 e. The van der Waals surface area contributed by atoms with Gasteiger partial charge in [0, 0.05) is 12.5 Å². The molecule has 2 heterocycles. The highest BCUT2D eigenvalue weighted by Gasteiger charge is 2.33. The molecule has 0 radical (unpaired) electrons. The lowest BCUT2D eigenvalue weighted by atomic mass is 9.82. The maximum absolute atomic E-state index is 13.7. The number of halogens is 1. The fraction of sp³-hybridized carbons (Fsp3) is 0.412. The number of nitrogens with one attached hydrogen (secondary N) is 1. The highest BCUT2D eigenvalue weighted by Crippen LogP contribution is 2.26. The number of benzene rings is 1. The van der Waals surface area contributed by atoms with Crippen LogP contribution < -0.4 is 5.32 Å². The molecule has 0 fully saturated rings. The molecular formula is C17H18FN5O. The molecule has 1 amide bonds. The van der Waals surface area contributed by atoms with Gasteiger partial charge in [0.05, 0.1) is 23.6 Å². The maximum atomic E-state index is 13.7. The van der Waals surface area contributed by atoms with Crippen molar-refractivity contribution in [2.24, 2.45) is 0 Å². The van der Waals surface area contributed by atoms with Gasteiger partial charge in [-0.05, 0) is 44.0 Å². The fourth-order valence-corrected chi connectivity index (χ4v) is 2.87. The Hall–Kier alpha value is -2.75. The van der Waals surface area contributed by atoms with E-state index in [1.54, 1.807) is 24.6 Å². The monoisotopic (exact) mass is 327 g/mol. The molecule has 1 aliphatic rings. The van der Waals surface area contributed by atoms with Crippen molar-refractivity contribution in [1.82, 2.24) is 20.1 Å². The van der Waals surface area contributed by atoms with Crippen LogP contribution in [0, 0.1) is 17.1 Å². The number of nitrogens with zero attached hydrogens (tertiary/aromatic N) is 4. The Bertz CT molecular complexity index is 821. The molecule has 2 aromatic rings. The van der Waals surface area contributed by atoms with Gasteiger partial charge in [0.1, 0.15) is 18.0 Å². The lowest BCUT2D eigenvalue weighted by Gasteiger charge is -2.30. The summed E-state index contributed by atoms with van der Waals surface area (Å²) in [6.07, 6.45) is 3.05. The second-order valence-electron chi connectivity index (χ2n) is 6.53. The van der Waals surface area contributed by atoms with Gasteiger partial charge in [-0.15, -0.1) is 0 Å². The predicted molar refractivity (Wildman–Crippen MR) is 84.4 cm³/mol. The Morgan fingerprint density at radius 2 is 2.25 bits per heavy atom. The molecule has 124 valence electrons. The summed E-state index contributed by atoms with van der Waals surface area (Å²) in [6, 6.07) is 5.89. The summed E-state index contributed by atoms with van der Waals surface area (Å²) >= 11 is 0. The van der Waals surface area contributed by atoms with Crippen molar-refractivity contribution in [3.05, 3.63) is 47.3 Å². The highest BCUT2D eigenvalue weighted by atomic mass is 19.1. The van der Waals surface area contributed by atoms with E-state index in [1.807, 2.05) is 6.07 Å². The minimum atomic E-state index is -0.948. The number of hydrogen-bond acceptors (Lipinski definition) is 4. The first-order chi connectivity index (χ1) is 11.4. The van der Waals surface area contributed by atoms with Gasteiger partial charge in [0.15, 0.2) is 0 Å². The van der Waals surface area contributed by atoms with Gasteiger partial charge in [-0.25, -0.2) is 14.1 Å². The normalized spacial score (nSPS) is 17.0. The van der Waals surface area contributed by atoms with Gasteiger partial charge in [-0.2, -0.15) is 10.4 Å². The zero-order valence-corrected chi connectivity index (χ0v) is 13.6. The van der Waals surface area contributed by atoms with E-state index in [1.165, 1.54) is 12.4 Å². The number of hydrogen-bond donors (Lipinski definition) is 1. The van der Waals surface area contributed by atoms with E-state index < -0.39 is 11.2 Å². The second kappa shape index (κ2) is 6.04.